The van der Waals surface area contributed by atoms with Crippen LogP contribution >= 0.6 is 0 Å². The highest BCUT2D eigenvalue weighted by Gasteiger charge is 2.38. The largest absolute Gasteiger partial charge is 0.0651 e. The fourth-order valence-corrected chi connectivity index (χ4v) is 2.00. The molecule has 3 atom stereocenters. The summed E-state index contributed by atoms with van der Waals surface area (Å²) < 4.78 is 0. The summed E-state index contributed by atoms with van der Waals surface area (Å²) in [5.41, 5.74) is 0. The van der Waals surface area contributed by atoms with Crippen LogP contribution in [-0.4, -0.2) is 0 Å². The monoisotopic (exact) mass is 181 g/mol. The van der Waals surface area contributed by atoms with Gasteiger partial charge in [-0.25, -0.2) is 0 Å². The van der Waals surface area contributed by atoms with Crippen molar-refractivity contribution in [3.05, 3.63) is 5.92 Å². The first kappa shape index (κ1) is 11.1. The van der Waals surface area contributed by atoms with Gasteiger partial charge in [0.25, 0.3) is 0 Å². The maximum absolute atomic E-state index is 2.39. The van der Waals surface area contributed by atoms with Gasteiger partial charge in [0, 0.05) is 0 Å². The van der Waals surface area contributed by atoms with Gasteiger partial charge < -0.3 is 0 Å². The Morgan fingerprint density at radius 2 is 1.77 bits per heavy atom. The molecule has 13 heavy (non-hydrogen) atoms. The van der Waals surface area contributed by atoms with Gasteiger partial charge >= 0.3 is 0 Å². The van der Waals surface area contributed by atoms with Gasteiger partial charge in [-0.1, -0.05) is 40.5 Å². The van der Waals surface area contributed by atoms with E-state index in [1.807, 2.05) is 5.92 Å². The summed E-state index contributed by atoms with van der Waals surface area (Å²) >= 11 is 0. The third kappa shape index (κ3) is 3.70. The smallest absolute Gasteiger partial charge is 0.0204 e. The van der Waals surface area contributed by atoms with Crippen LogP contribution in [0.3, 0.4) is 0 Å². The molecule has 0 heteroatoms. The second kappa shape index (κ2) is 5.02. The maximum atomic E-state index is 2.39. The molecule has 0 spiro atoms. The Hall–Kier alpha value is 0. The lowest BCUT2D eigenvalue weighted by atomic mass is 9.97. The van der Waals surface area contributed by atoms with Gasteiger partial charge in [0.15, 0.2) is 0 Å². The lowest BCUT2D eigenvalue weighted by molar-refractivity contribution is 0.471. The Morgan fingerprint density at radius 3 is 2.31 bits per heavy atom. The molecule has 0 aliphatic heterocycles. The number of rotatable bonds is 6. The minimum absolute atomic E-state index is 0.928. The van der Waals surface area contributed by atoms with E-state index in [-0.39, 0.29) is 0 Å². The first-order valence-electron chi connectivity index (χ1n) is 6.01. The summed E-state index contributed by atoms with van der Waals surface area (Å²) in [7, 11) is 0. The molecule has 0 heterocycles. The van der Waals surface area contributed by atoms with Gasteiger partial charge in [-0.15, -0.1) is 0 Å². The van der Waals surface area contributed by atoms with Crippen molar-refractivity contribution in [2.45, 2.75) is 59.8 Å². The van der Waals surface area contributed by atoms with E-state index in [1.165, 1.54) is 32.1 Å². The summed E-state index contributed by atoms with van der Waals surface area (Å²) in [6, 6.07) is 0. The highest BCUT2D eigenvalue weighted by molar-refractivity contribution is 5.14. The van der Waals surface area contributed by atoms with Crippen LogP contribution in [-0.2, 0) is 0 Å². The Kier molecular flexibility index (Phi) is 4.28. The highest BCUT2D eigenvalue weighted by atomic mass is 14.4. The van der Waals surface area contributed by atoms with Crippen LogP contribution in [0.15, 0.2) is 0 Å². The summed E-state index contributed by atoms with van der Waals surface area (Å²) in [4.78, 5) is 0. The zero-order valence-corrected chi connectivity index (χ0v) is 9.77. The molecule has 3 unspecified atom stereocenters. The van der Waals surface area contributed by atoms with Crippen molar-refractivity contribution >= 4 is 0 Å². The molecule has 0 saturated heterocycles. The normalized spacial score (nSPS) is 27.2. The Balaban J connectivity index is 2.08. The predicted molar refractivity (Wildman–Crippen MR) is 59.5 cm³/mol. The molecule has 0 aromatic heterocycles. The summed E-state index contributed by atoms with van der Waals surface area (Å²) in [5, 5.41) is 0. The quantitative estimate of drug-likeness (QED) is 0.568. The molecular weight excluding hydrogens is 156 g/mol. The van der Waals surface area contributed by atoms with Crippen LogP contribution in [0.1, 0.15) is 59.8 Å². The molecule has 0 aromatic carbocycles. The van der Waals surface area contributed by atoms with Crippen LogP contribution in [0.5, 0.6) is 0 Å². The van der Waals surface area contributed by atoms with Crippen molar-refractivity contribution in [2.75, 3.05) is 0 Å². The van der Waals surface area contributed by atoms with E-state index in [2.05, 4.69) is 27.7 Å². The van der Waals surface area contributed by atoms with Gasteiger partial charge in [0.05, 0.1) is 0 Å². The van der Waals surface area contributed by atoms with E-state index in [9.17, 15) is 0 Å². The van der Waals surface area contributed by atoms with E-state index in [0.717, 1.165) is 17.8 Å². The number of hydrogen-bond acceptors (Lipinski definition) is 0. The Labute approximate surface area is 84.1 Å². The third-order valence-electron chi connectivity index (χ3n) is 3.62. The second-order valence-corrected chi connectivity index (χ2v) is 5.03. The van der Waals surface area contributed by atoms with Crippen molar-refractivity contribution in [1.29, 1.82) is 0 Å². The van der Waals surface area contributed by atoms with Crippen LogP contribution in [0.2, 0.25) is 0 Å². The fraction of sp³-hybridized carbons (Fsp3) is 0.923. The SMILES string of the molecule is CCC(C)C[C]1CC1CC(C)CC. The van der Waals surface area contributed by atoms with E-state index in [1.54, 1.807) is 0 Å². The van der Waals surface area contributed by atoms with E-state index < -0.39 is 0 Å². The molecule has 1 fully saturated rings. The predicted octanol–water partition coefficient (Wildman–Crippen LogP) is 4.45. The lowest BCUT2D eigenvalue weighted by Gasteiger charge is -2.09. The average Bonchev–Trinajstić information content (AvgIpc) is 2.83. The van der Waals surface area contributed by atoms with Gasteiger partial charge in [0.1, 0.15) is 0 Å². The third-order valence-corrected chi connectivity index (χ3v) is 3.62. The molecule has 0 bridgehead atoms. The molecule has 1 radical (unpaired) electrons. The Bertz CT molecular complexity index is 123. The van der Waals surface area contributed by atoms with Gasteiger partial charge in [-0.2, -0.15) is 0 Å². The first-order valence-corrected chi connectivity index (χ1v) is 6.01. The topological polar surface area (TPSA) is 0 Å². The molecule has 0 amide bonds. The fourth-order valence-electron chi connectivity index (χ4n) is 2.00. The van der Waals surface area contributed by atoms with Gasteiger partial charge in [-0.05, 0) is 42.9 Å². The first-order chi connectivity index (χ1) is 6.17. The van der Waals surface area contributed by atoms with Gasteiger partial charge in [0.2, 0.25) is 0 Å². The summed E-state index contributed by atoms with van der Waals surface area (Å²) in [6.45, 7) is 9.38. The van der Waals surface area contributed by atoms with Crippen molar-refractivity contribution in [3.63, 3.8) is 0 Å². The lowest BCUT2D eigenvalue weighted by Crippen LogP contribution is -1.97. The number of hydrogen-bond donors (Lipinski definition) is 0. The maximum Gasteiger partial charge on any atom is -0.0204 e. The summed E-state index contributed by atoms with van der Waals surface area (Å²) in [5.74, 6) is 4.76. The molecule has 0 aromatic rings. The molecule has 1 aliphatic carbocycles. The minimum atomic E-state index is 0.928. The minimum Gasteiger partial charge on any atom is -0.0651 e. The molecule has 1 aliphatic rings. The van der Waals surface area contributed by atoms with Crippen molar-refractivity contribution < 1.29 is 0 Å². The van der Waals surface area contributed by atoms with Crippen LogP contribution in [0.4, 0.5) is 0 Å². The molecule has 0 nitrogen and oxygen atoms in total. The zero-order valence-electron chi connectivity index (χ0n) is 9.77. The van der Waals surface area contributed by atoms with Crippen molar-refractivity contribution in [2.24, 2.45) is 17.8 Å². The highest BCUT2D eigenvalue weighted by Crippen LogP contribution is 2.49. The van der Waals surface area contributed by atoms with E-state index >= 15 is 0 Å². The molecule has 1 rings (SSSR count). The zero-order chi connectivity index (χ0) is 9.84. The molecule has 0 N–H and O–H groups in total. The van der Waals surface area contributed by atoms with Crippen molar-refractivity contribution in [1.82, 2.24) is 0 Å². The molecule has 77 valence electrons. The van der Waals surface area contributed by atoms with Crippen molar-refractivity contribution in [3.8, 4) is 0 Å². The van der Waals surface area contributed by atoms with E-state index in [4.69, 9.17) is 0 Å². The standard InChI is InChI=1S/C13H25/c1-5-10(3)7-12-9-13(12)8-11(4)6-2/h10-12H,5-9H2,1-4H3. The second-order valence-electron chi connectivity index (χ2n) is 5.03. The average molecular weight is 181 g/mol. The van der Waals surface area contributed by atoms with Crippen LogP contribution in [0, 0.1) is 23.7 Å². The Morgan fingerprint density at radius 1 is 1.15 bits per heavy atom. The summed E-state index contributed by atoms with van der Waals surface area (Å²) in [6.07, 6.45) is 7.03. The van der Waals surface area contributed by atoms with E-state index in [0.29, 0.717) is 0 Å². The van der Waals surface area contributed by atoms with Crippen LogP contribution < -0.4 is 0 Å². The van der Waals surface area contributed by atoms with Crippen LogP contribution in [0.25, 0.3) is 0 Å². The van der Waals surface area contributed by atoms with Gasteiger partial charge in [-0.3, -0.25) is 0 Å². The molecule has 1 saturated carbocycles. The molecular formula is C13H25.